The predicted molar refractivity (Wildman–Crippen MR) is 165 cm³/mol. The van der Waals surface area contributed by atoms with E-state index in [1.807, 2.05) is 18.2 Å². The van der Waals surface area contributed by atoms with Crippen molar-refractivity contribution >= 4 is 41.1 Å². The Bertz CT molecular complexity index is 1670. The molecule has 1 aliphatic rings. The minimum atomic E-state index is -0.783. The number of nitrogens with zero attached hydrogens (tertiary/aromatic N) is 5. The lowest BCUT2D eigenvalue weighted by Gasteiger charge is -2.21. The number of hydrogen-bond donors (Lipinski definition) is 1. The zero-order valence-corrected chi connectivity index (χ0v) is 24.9. The standard InChI is InChI=1S/C33H31ClN6O4/c1-22(41)25-9-7-23(8-10-25)18-31(42)29(17-24-15-16-39(20-24)33(44)26-5-3-2-4-6-26)36-32(43)14-11-27-19-28(34)12-13-30(27)40-21-35-37-38-40/h2-14,19,21,24,29H,15-18,20H2,1H3,(H,36,43)/b14-11+/t24?,29-/m0/s1. The van der Waals surface area contributed by atoms with E-state index >= 15 is 0 Å². The maximum atomic E-state index is 13.6. The van der Waals surface area contributed by atoms with E-state index in [1.54, 1.807) is 65.6 Å². The molecule has 1 N–H and O–H groups in total. The molecule has 224 valence electrons. The van der Waals surface area contributed by atoms with E-state index in [-0.39, 0.29) is 29.8 Å². The van der Waals surface area contributed by atoms with E-state index in [0.29, 0.717) is 46.9 Å². The summed E-state index contributed by atoms with van der Waals surface area (Å²) in [7, 11) is 0. The van der Waals surface area contributed by atoms with Crippen molar-refractivity contribution in [3.05, 3.63) is 112 Å². The van der Waals surface area contributed by atoms with Crippen LogP contribution in [0.1, 0.15) is 51.6 Å². The van der Waals surface area contributed by atoms with Crippen molar-refractivity contribution in [2.24, 2.45) is 5.92 Å². The van der Waals surface area contributed by atoms with Crippen molar-refractivity contribution in [1.82, 2.24) is 30.4 Å². The summed E-state index contributed by atoms with van der Waals surface area (Å²) in [6.45, 7) is 2.56. The van der Waals surface area contributed by atoms with Crippen LogP contribution in [0.2, 0.25) is 5.02 Å². The molecule has 2 heterocycles. The molecule has 44 heavy (non-hydrogen) atoms. The van der Waals surface area contributed by atoms with Gasteiger partial charge in [0.25, 0.3) is 5.91 Å². The molecule has 0 aliphatic carbocycles. The van der Waals surface area contributed by atoms with Crippen LogP contribution in [-0.2, 0) is 16.0 Å². The first kappa shape index (κ1) is 30.5. The van der Waals surface area contributed by atoms with Gasteiger partial charge in [0.1, 0.15) is 6.33 Å². The number of likely N-dealkylation sites (tertiary alicyclic amines) is 1. The molecule has 1 unspecified atom stereocenters. The molecule has 1 fully saturated rings. The molecule has 0 bridgehead atoms. The quantitative estimate of drug-likeness (QED) is 0.197. The van der Waals surface area contributed by atoms with Gasteiger partial charge in [-0.05, 0) is 78.1 Å². The predicted octanol–water partition coefficient (Wildman–Crippen LogP) is 4.38. The third-order valence-electron chi connectivity index (χ3n) is 7.61. The Kier molecular flexibility index (Phi) is 9.71. The topological polar surface area (TPSA) is 127 Å². The summed E-state index contributed by atoms with van der Waals surface area (Å²) in [6.07, 6.45) is 5.57. The van der Waals surface area contributed by atoms with Gasteiger partial charge in [0.05, 0.1) is 11.7 Å². The van der Waals surface area contributed by atoms with E-state index in [2.05, 4.69) is 20.8 Å². The molecule has 0 radical (unpaired) electrons. The maximum Gasteiger partial charge on any atom is 0.253 e. The summed E-state index contributed by atoms with van der Waals surface area (Å²) in [5.41, 5.74) is 3.16. The zero-order valence-electron chi connectivity index (χ0n) is 24.1. The Balaban J connectivity index is 1.31. The van der Waals surface area contributed by atoms with Gasteiger partial charge in [-0.3, -0.25) is 19.2 Å². The number of aromatic nitrogens is 4. The highest BCUT2D eigenvalue weighted by Gasteiger charge is 2.31. The van der Waals surface area contributed by atoms with Gasteiger partial charge in [-0.2, -0.15) is 4.68 Å². The van der Waals surface area contributed by atoms with Crippen LogP contribution in [0.5, 0.6) is 0 Å². The number of nitrogens with one attached hydrogen (secondary N) is 1. The number of ketones is 2. The molecule has 5 rings (SSSR count). The van der Waals surface area contributed by atoms with Crippen molar-refractivity contribution in [2.45, 2.75) is 32.2 Å². The number of hydrogen-bond acceptors (Lipinski definition) is 7. The number of benzene rings is 3. The molecule has 2 atom stereocenters. The van der Waals surface area contributed by atoms with Crippen LogP contribution >= 0.6 is 11.6 Å². The first-order valence-electron chi connectivity index (χ1n) is 14.2. The second-order valence-electron chi connectivity index (χ2n) is 10.8. The second-order valence-corrected chi connectivity index (χ2v) is 11.2. The Morgan fingerprint density at radius 3 is 2.50 bits per heavy atom. The molecule has 4 aromatic rings. The average molecular weight is 611 g/mol. The van der Waals surface area contributed by atoms with Gasteiger partial charge < -0.3 is 10.2 Å². The van der Waals surface area contributed by atoms with Gasteiger partial charge in [0, 0.05) is 47.3 Å². The molecule has 2 amide bonds. The van der Waals surface area contributed by atoms with Gasteiger partial charge in [0.2, 0.25) is 5.91 Å². The van der Waals surface area contributed by atoms with Crippen LogP contribution < -0.4 is 5.32 Å². The van der Waals surface area contributed by atoms with Gasteiger partial charge >= 0.3 is 0 Å². The SMILES string of the molecule is CC(=O)c1ccc(CC(=O)[C@H](CC2CCN(C(=O)c3ccccc3)C2)NC(=O)/C=C/c2cc(Cl)ccc2-n2cnnn2)cc1. The lowest BCUT2D eigenvalue weighted by atomic mass is 9.93. The molecule has 1 aromatic heterocycles. The number of carbonyl (C=O) groups excluding carboxylic acids is 4. The first-order valence-corrected chi connectivity index (χ1v) is 14.6. The minimum absolute atomic E-state index is 0.0281. The number of carbonyl (C=O) groups is 4. The lowest BCUT2D eigenvalue weighted by Crippen LogP contribution is -2.42. The average Bonchev–Trinajstić information content (AvgIpc) is 3.73. The maximum absolute atomic E-state index is 13.6. The number of tetrazole rings is 1. The van der Waals surface area contributed by atoms with E-state index in [9.17, 15) is 19.2 Å². The van der Waals surface area contributed by atoms with Crippen molar-refractivity contribution in [3.63, 3.8) is 0 Å². The monoisotopic (exact) mass is 610 g/mol. The van der Waals surface area contributed by atoms with Crippen LogP contribution in [0.4, 0.5) is 0 Å². The van der Waals surface area contributed by atoms with E-state index in [0.717, 1.165) is 12.0 Å². The Hall–Kier alpha value is -4.96. The third-order valence-corrected chi connectivity index (χ3v) is 7.84. The molecule has 1 saturated heterocycles. The van der Waals surface area contributed by atoms with Crippen LogP contribution in [0.3, 0.4) is 0 Å². The Morgan fingerprint density at radius 1 is 1.02 bits per heavy atom. The molecule has 1 aliphatic heterocycles. The lowest BCUT2D eigenvalue weighted by molar-refractivity contribution is -0.125. The highest BCUT2D eigenvalue weighted by molar-refractivity contribution is 6.30. The number of Topliss-reactive ketones (excluding diaryl/α,β-unsaturated/α-hetero) is 2. The summed E-state index contributed by atoms with van der Waals surface area (Å²) in [5.74, 6) is -0.687. The fraction of sp³-hybridized carbons (Fsp3) is 0.242. The second kappa shape index (κ2) is 14.0. The highest BCUT2D eigenvalue weighted by Crippen LogP contribution is 2.24. The minimum Gasteiger partial charge on any atom is -0.343 e. The number of amides is 2. The van der Waals surface area contributed by atoms with Crippen LogP contribution in [-0.4, -0.2) is 67.6 Å². The fourth-order valence-corrected chi connectivity index (χ4v) is 5.46. The molecule has 11 heteroatoms. The van der Waals surface area contributed by atoms with Crippen LogP contribution in [0, 0.1) is 5.92 Å². The Morgan fingerprint density at radius 2 is 1.80 bits per heavy atom. The summed E-state index contributed by atoms with van der Waals surface area (Å²) < 4.78 is 1.46. The summed E-state index contributed by atoms with van der Waals surface area (Å²) >= 11 is 6.21. The smallest absolute Gasteiger partial charge is 0.253 e. The van der Waals surface area contributed by atoms with Gasteiger partial charge in [-0.15, -0.1) is 5.10 Å². The van der Waals surface area contributed by atoms with Crippen molar-refractivity contribution in [1.29, 1.82) is 0 Å². The van der Waals surface area contributed by atoms with Gasteiger partial charge in [0.15, 0.2) is 11.6 Å². The van der Waals surface area contributed by atoms with Crippen LogP contribution in [0.25, 0.3) is 11.8 Å². The normalized spacial score (nSPS) is 15.3. The molecule has 3 aromatic carbocycles. The van der Waals surface area contributed by atoms with E-state index < -0.39 is 11.9 Å². The molecule has 0 spiro atoms. The van der Waals surface area contributed by atoms with Crippen molar-refractivity contribution in [2.75, 3.05) is 13.1 Å². The number of halogens is 1. The summed E-state index contributed by atoms with van der Waals surface area (Å²) in [6, 6.07) is 20.3. The van der Waals surface area contributed by atoms with Crippen LogP contribution in [0.15, 0.2) is 85.2 Å². The Labute approximate surface area is 259 Å². The summed E-state index contributed by atoms with van der Waals surface area (Å²) in [5, 5.41) is 14.6. The zero-order chi connectivity index (χ0) is 31.1. The molecular weight excluding hydrogens is 580 g/mol. The van der Waals surface area contributed by atoms with E-state index in [1.165, 1.54) is 24.0 Å². The number of rotatable bonds is 11. The van der Waals surface area contributed by atoms with Gasteiger partial charge in [-0.1, -0.05) is 54.1 Å². The van der Waals surface area contributed by atoms with Gasteiger partial charge in [-0.25, -0.2) is 0 Å². The fourth-order valence-electron chi connectivity index (χ4n) is 5.28. The largest absolute Gasteiger partial charge is 0.343 e. The van der Waals surface area contributed by atoms with Crippen molar-refractivity contribution < 1.29 is 19.2 Å². The molecular formula is C33H31ClN6O4. The first-order chi connectivity index (χ1) is 21.3. The molecule has 10 nitrogen and oxygen atoms in total. The van der Waals surface area contributed by atoms with E-state index in [4.69, 9.17) is 11.6 Å². The molecule has 0 saturated carbocycles. The third kappa shape index (κ3) is 7.70. The summed E-state index contributed by atoms with van der Waals surface area (Å²) in [4.78, 5) is 53.2. The highest BCUT2D eigenvalue weighted by atomic mass is 35.5. The van der Waals surface area contributed by atoms with Crippen molar-refractivity contribution in [3.8, 4) is 5.69 Å².